The molecule has 0 saturated carbocycles. The number of hydrogen-bond acceptors (Lipinski definition) is 4. The van der Waals surface area contributed by atoms with Crippen molar-refractivity contribution in [2.45, 2.75) is 26.6 Å². The van der Waals surface area contributed by atoms with E-state index >= 15 is 0 Å². The highest BCUT2D eigenvalue weighted by molar-refractivity contribution is 5.89. The number of amides is 1. The first-order valence-electron chi connectivity index (χ1n) is 7.93. The second-order valence-electron chi connectivity index (χ2n) is 5.17. The average molecular weight is 366 g/mol. The molecule has 0 bridgehead atoms. The fraction of sp³-hybridized carbons (Fsp3) is 0.294. The molecule has 2 aromatic rings. The molecule has 1 aromatic heterocycles. The quantitative estimate of drug-likeness (QED) is 0.491. The van der Waals surface area contributed by atoms with E-state index in [2.05, 4.69) is 20.4 Å². The SMILES string of the molecule is CCNC(=NCc1ccccc1OC(F)F)NCc1ccc(C(N)=O)o1. The van der Waals surface area contributed by atoms with E-state index in [0.717, 1.165) is 0 Å². The predicted molar refractivity (Wildman–Crippen MR) is 92.0 cm³/mol. The molecule has 0 aliphatic rings. The van der Waals surface area contributed by atoms with Crippen LogP contribution < -0.4 is 21.1 Å². The van der Waals surface area contributed by atoms with Crippen LogP contribution in [0.1, 0.15) is 28.8 Å². The van der Waals surface area contributed by atoms with Gasteiger partial charge >= 0.3 is 6.61 Å². The van der Waals surface area contributed by atoms with Gasteiger partial charge in [-0.25, -0.2) is 4.99 Å². The molecule has 0 radical (unpaired) electrons. The topological polar surface area (TPSA) is 102 Å². The second-order valence-corrected chi connectivity index (χ2v) is 5.17. The number of rotatable bonds is 8. The highest BCUT2D eigenvalue weighted by Gasteiger charge is 2.10. The number of nitrogens with two attached hydrogens (primary N) is 1. The highest BCUT2D eigenvalue weighted by atomic mass is 19.3. The molecule has 0 aliphatic heterocycles. The molecular weight excluding hydrogens is 346 g/mol. The Labute approximate surface area is 149 Å². The van der Waals surface area contributed by atoms with E-state index in [1.54, 1.807) is 24.3 Å². The number of para-hydroxylation sites is 1. The molecule has 1 aromatic carbocycles. The minimum atomic E-state index is -2.90. The number of guanidine groups is 1. The van der Waals surface area contributed by atoms with Crippen molar-refractivity contribution in [3.63, 3.8) is 0 Å². The van der Waals surface area contributed by atoms with E-state index in [1.807, 2.05) is 6.92 Å². The lowest BCUT2D eigenvalue weighted by Gasteiger charge is -2.12. The van der Waals surface area contributed by atoms with E-state index < -0.39 is 12.5 Å². The van der Waals surface area contributed by atoms with E-state index in [9.17, 15) is 13.6 Å². The van der Waals surface area contributed by atoms with Crippen LogP contribution in [0, 0.1) is 0 Å². The Kier molecular flexibility index (Phi) is 6.95. The predicted octanol–water partition coefficient (Wildman–Crippen LogP) is 2.24. The van der Waals surface area contributed by atoms with E-state index in [4.69, 9.17) is 10.2 Å². The number of alkyl halides is 2. The normalized spacial score (nSPS) is 11.5. The summed E-state index contributed by atoms with van der Waals surface area (Å²) in [5.74, 6) is 0.468. The van der Waals surface area contributed by atoms with Crippen LogP contribution in [0.2, 0.25) is 0 Å². The Morgan fingerprint density at radius 2 is 2.04 bits per heavy atom. The number of primary amides is 1. The van der Waals surface area contributed by atoms with Crippen LogP contribution in [-0.4, -0.2) is 25.0 Å². The third kappa shape index (κ3) is 5.76. The number of carbonyl (C=O) groups excluding carboxylic acids is 1. The van der Waals surface area contributed by atoms with Crippen LogP contribution in [0.25, 0.3) is 0 Å². The molecule has 1 heterocycles. The zero-order valence-corrected chi connectivity index (χ0v) is 14.2. The number of furan rings is 1. The first kappa shape index (κ1) is 19.2. The van der Waals surface area contributed by atoms with E-state index in [0.29, 0.717) is 23.8 Å². The van der Waals surface area contributed by atoms with Crippen LogP contribution >= 0.6 is 0 Å². The molecule has 2 rings (SSSR count). The summed E-state index contributed by atoms with van der Waals surface area (Å²) in [6.07, 6.45) is 0. The summed E-state index contributed by atoms with van der Waals surface area (Å²) in [5.41, 5.74) is 5.66. The van der Waals surface area contributed by atoms with Crippen molar-refractivity contribution in [2.75, 3.05) is 6.54 Å². The number of halogens is 2. The van der Waals surface area contributed by atoms with Crippen LogP contribution in [-0.2, 0) is 13.1 Å². The van der Waals surface area contributed by atoms with Crippen molar-refractivity contribution in [3.05, 3.63) is 53.5 Å². The van der Waals surface area contributed by atoms with Gasteiger partial charge in [0, 0.05) is 12.1 Å². The van der Waals surface area contributed by atoms with E-state index in [-0.39, 0.29) is 24.6 Å². The second kappa shape index (κ2) is 9.40. The Bertz CT molecular complexity index is 762. The number of carbonyl (C=O) groups is 1. The summed E-state index contributed by atoms with van der Waals surface area (Å²) in [6, 6.07) is 9.57. The number of benzene rings is 1. The monoisotopic (exact) mass is 366 g/mol. The number of nitrogens with zero attached hydrogens (tertiary/aromatic N) is 1. The summed E-state index contributed by atoms with van der Waals surface area (Å²) in [5, 5.41) is 6.05. The number of aliphatic imine (C=N–C) groups is 1. The maximum Gasteiger partial charge on any atom is 0.387 e. The highest BCUT2D eigenvalue weighted by Crippen LogP contribution is 2.20. The van der Waals surface area contributed by atoms with Gasteiger partial charge in [-0.3, -0.25) is 4.79 Å². The molecule has 0 unspecified atom stereocenters. The van der Waals surface area contributed by atoms with Gasteiger partial charge in [0.25, 0.3) is 5.91 Å². The van der Waals surface area contributed by atoms with Gasteiger partial charge in [0.1, 0.15) is 11.5 Å². The summed E-state index contributed by atoms with van der Waals surface area (Å²) >= 11 is 0. The van der Waals surface area contributed by atoms with Crippen molar-refractivity contribution in [3.8, 4) is 5.75 Å². The average Bonchev–Trinajstić information content (AvgIpc) is 3.07. The zero-order chi connectivity index (χ0) is 18.9. The smallest absolute Gasteiger partial charge is 0.387 e. The summed E-state index contributed by atoms with van der Waals surface area (Å²) in [6.45, 7) is 0.0105. The summed E-state index contributed by atoms with van der Waals surface area (Å²) in [7, 11) is 0. The number of hydrogen-bond donors (Lipinski definition) is 3. The van der Waals surface area contributed by atoms with Crippen LogP contribution in [0.4, 0.5) is 8.78 Å². The first-order valence-corrected chi connectivity index (χ1v) is 7.93. The van der Waals surface area contributed by atoms with Gasteiger partial charge in [-0.15, -0.1) is 0 Å². The van der Waals surface area contributed by atoms with Gasteiger partial charge in [-0.2, -0.15) is 8.78 Å². The Hall–Kier alpha value is -3.10. The van der Waals surface area contributed by atoms with Crippen LogP contribution in [0.5, 0.6) is 5.75 Å². The first-order chi connectivity index (χ1) is 12.5. The maximum atomic E-state index is 12.5. The molecule has 0 spiro atoms. The Morgan fingerprint density at radius 3 is 2.69 bits per heavy atom. The van der Waals surface area contributed by atoms with Crippen molar-refractivity contribution < 1.29 is 22.7 Å². The summed E-state index contributed by atoms with van der Waals surface area (Å²) in [4.78, 5) is 15.4. The van der Waals surface area contributed by atoms with Gasteiger partial charge in [0.15, 0.2) is 11.7 Å². The van der Waals surface area contributed by atoms with Crippen molar-refractivity contribution >= 4 is 11.9 Å². The zero-order valence-electron chi connectivity index (χ0n) is 14.2. The molecule has 7 nitrogen and oxygen atoms in total. The molecule has 26 heavy (non-hydrogen) atoms. The lowest BCUT2D eigenvalue weighted by molar-refractivity contribution is -0.0504. The summed E-state index contributed by atoms with van der Waals surface area (Å²) < 4.78 is 34.7. The van der Waals surface area contributed by atoms with Crippen molar-refractivity contribution in [1.82, 2.24) is 10.6 Å². The van der Waals surface area contributed by atoms with Gasteiger partial charge in [-0.05, 0) is 25.1 Å². The van der Waals surface area contributed by atoms with Gasteiger partial charge in [-0.1, -0.05) is 18.2 Å². The molecule has 0 fully saturated rings. The van der Waals surface area contributed by atoms with E-state index in [1.165, 1.54) is 12.1 Å². The molecule has 9 heteroatoms. The number of nitrogens with one attached hydrogen (secondary N) is 2. The molecule has 4 N–H and O–H groups in total. The molecular formula is C17H20F2N4O3. The molecule has 1 amide bonds. The Morgan fingerprint density at radius 1 is 1.27 bits per heavy atom. The van der Waals surface area contributed by atoms with Gasteiger partial charge in [0.2, 0.25) is 0 Å². The van der Waals surface area contributed by atoms with Gasteiger partial charge < -0.3 is 25.5 Å². The number of ether oxygens (including phenoxy) is 1. The molecule has 140 valence electrons. The molecule has 0 atom stereocenters. The minimum Gasteiger partial charge on any atom is -0.454 e. The standard InChI is InChI=1S/C17H20F2N4O3/c1-2-21-17(23-10-12-7-8-14(25-12)15(20)24)22-9-11-5-3-4-6-13(11)26-16(18)19/h3-8,16H,2,9-10H2,1H3,(H2,20,24)(H2,21,22,23). The molecule has 0 saturated heterocycles. The Balaban J connectivity index is 2.03. The fourth-order valence-corrected chi connectivity index (χ4v) is 2.13. The van der Waals surface area contributed by atoms with Crippen LogP contribution in [0.3, 0.4) is 0 Å². The van der Waals surface area contributed by atoms with Crippen molar-refractivity contribution in [2.24, 2.45) is 10.7 Å². The third-order valence-electron chi connectivity index (χ3n) is 3.27. The minimum absolute atomic E-state index is 0.0711. The van der Waals surface area contributed by atoms with Gasteiger partial charge in [0.05, 0.1) is 13.1 Å². The van der Waals surface area contributed by atoms with Crippen molar-refractivity contribution in [1.29, 1.82) is 0 Å². The lowest BCUT2D eigenvalue weighted by atomic mass is 10.2. The lowest BCUT2D eigenvalue weighted by Crippen LogP contribution is -2.36. The molecule has 0 aliphatic carbocycles. The third-order valence-corrected chi connectivity index (χ3v) is 3.27. The van der Waals surface area contributed by atoms with Crippen LogP contribution in [0.15, 0.2) is 45.8 Å². The largest absolute Gasteiger partial charge is 0.454 e. The fourth-order valence-electron chi connectivity index (χ4n) is 2.13. The maximum absolute atomic E-state index is 12.5.